The number of benzene rings is 2. The third kappa shape index (κ3) is 4.45. The number of aryl methyl sites for hydroxylation is 2. The summed E-state index contributed by atoms with van der Waals surface area (Å²) in [5.41, 5.74) is 2.60. The summed E-state index contributed by atoms with van der Waals surface area (Å²) in [5, 5.41) is 13.6. The van der Waals surface area contributed by atoms with Crippen molar-refractivity contribution in [2.24, 2.45) is 0 Å². The Morgan fingerprint density at radius 3 is 2.38 bits per heavy atom. The first-order valence-electron chi connectivity index (χ1n) is 7.22. The number of nitro benzene ring substituents is 1. The summed E-state index contributed by atoms with van der Waals surface area (Å²) < 4.78 is 10.5. The predicted molar refractivity (Wildman–Crippen MR) is 89.7 cm³/mol. The average Bonchev–Trinajstić information content (AvgIpc) is 2.51. The molecule has 2 aromatic rings. The maximum absolute atomic E-state index is 12.0. The molecule has 0 spiro atoms. The molecule has 0 aromatic heterocycles. The van der Waals surface area contributed by atoms with Gasteiger partial charge in [0.2, 0.25) is 0 Å². The number of methoxy groups -OCH3 is 1. The Labute approximate surface area is 139 Å². The van der Waals surface area contributed by atoms with Crippen molar-refractivity contribution in [2.75, 3.05) is 19.0 Å². The summed E-state index contributed by atoms with van der Waals surface area (Å²) in [4.78, 5) is 22.3. The minimum absolute atomic E-state index is 0.138. The number of hydrogen-bond donors (Lipinski definition) is 1. The zero-order valence-electron chi connectivity index (χ0n) is 13.7. The Bertz CT molecular complexity index is 753. The first-order chi connectivity index (χ1) is 11.4. The quantitative estimate of drug-likeness (QED) is 0.648. The lowest BCUT2D eigenvalue weighted by molar-refractivity contribution is -0.385. The number of rotatable bonds is 6. The number of amides is 1. The van der Waals surface area contributed by atoms with Gasteiger partial charge in [0.25, 0.3) is 11.6 Å². The molecule has 0 unspecified atom stereocenters. The fourth-order valence-corrected chi connectivity index (χ4v) is 2.28. The Balaban J connectivity index is 2.05. The van der Waals surface area contributed by atoms with E-state index in [4.69, 9.17) is 9.47 Å². The fraction of sp³-hybridized carbons (Fsp3) is 0.235. The molecule has 0 atom stereocenters. The van der Waals surface area contributed by atoms with Gasteiger partial charge in [0, 0.05) is 11.8 Å². The van der Waals surface area contributed by atoms with Crippen LogP contribution in [0.1, 0.15) is 11.1 Å². The second-order valence-electron chi connectivity index (χ2n) is 5.31. The van der Waals surface area contributed by atoms with E-state index in [1.165, 1.54) is 25.3 Å². The second kappa shape index (κ2) is 7.45. The molecule has 7 nitrogen and oxygen atoms in total. The number of anilines is 1. The Kier molecular flexibility index (Phi) is 5.36. The van der Waals surface area contributed by atoms with Crippen LogP contribution < -0.4 is 14.8 Å². The van der Waals surface area contributed by atoms with Crippen LogP contribution in [0.4, 0.5) is 11.4 Å². The van der Waals surface area contributed by atoms with Gasteiger partial charge in [0.1, 0.15) is 0 Å². The Hall–Kier alpha value is -3.09. The molecule has 2 rings (SSSR count). The molecule has 0 saturated carbocycles. The van der Waals surface area contributed by atoms with Crippen molar-refractivity contribution in [1.82, 2.24) is 0 Å². The van der Waals surface area contributed by atoms with Crippen LogP contribution in [-0.2, 0) is 4.79 Å². The van der Waals surface area contributed by atoms with E-state index >= 15 is 0 Å². The lowest BCUT2D eigenvalue weighted by Gasteiger charge is -2.11. The number of non-ortho nitro benzene ring substituents is 1. The van der Waals surface area contributed by atoms with E-state index in [1.54, 1.807) is 0 Å². The number of nitrogens with one attached hydrogen (secondary N) is 1. The first-order valence-corrected chi connectivity index (χ1v) is 7.22. The summed E-state index contributed by atoms with van der Waals surface area (Å²) in [5.74, 6) is 0.0932. The van der Waals surface area contributed by atoms with Gasteiger partial charge in [-0.05, 0) is 43.2 Å². The van der Waals surface area contributed by atoms with Crippen LogP contribution in [0.2, 0.25) is 0 Å². The molecule has 0 heterocycles. The number of nitro groups is 1. The molecule has 0 fully saturated rings. The second-order valence-corrected chi connectivity index (χ2v) is 5.31. The smallest absolute Gasteiger partial charge is 0.273 e. The number of carbonyl (C=O) groups is 1. The monoisotopic (exact) mass is 330 g/mol. The van der Waals surface area contributed by atoms with E-state index in [-0.39, 0.29) is 24.0 Å². The van der Waals surface area contributed by atoms with Crippen molar-refractivity contribution < 1.29 is 19.2 Å². The molecular weight excluding hydrogens is 312 g/mol. The van der Waals surface area contributed by atoms with E-state index in [2.05, 4.69) is 5.32 Å². The van der Waals surface area contributed by atoms with Gasteiger partial charge < -0.3 is 14.8 Å². The lowest BCUT2D eigenvalue weighted by atomic mass is 10.1. The molecule has 126 valence electrons. The summed E-state index contributed by atoms with van der Waals surface area (Å²) in [6.07, 6.45) is 0. The summed E-state index contributed by atoms with van der Waals surface area (Å²) >= 11 is 0. The molecule has 0 saturated heterocycles. The van der Waals surface area contributed by atoms with Crippen LogP contribution in [0.15, 0.2) is 36.4 Å². The summed E-state index contributed by atoms with van der Waals surface area (Å²) in [7, 11) is 1.42. The number of nitrogens with zero attached hydrogens (tertiary/aromatic N) is 1. The van der Waals surface area contributed by atoms with E-state index in [0.29, 0.717) is 11.4 Å². The van der Waals surface area contributed by atoms with Crippen molar-refractivity contribution in [2.45, 2.75) is 13.8 Å². The van der Waals surface area contributed by atoms with Gasteiger partial charge in [0.15, 0.2) is 18.1 Å². The van der Waals surface area contributed by atoms with Crippen LogP contribution >= 0.6 is 0 Å². The number of ether oxygens (including phenoxy) is 2. The maximum Gasteiger partial charge on any atom is 0.273 e. The van der Waals surface area contributed by atoms with Crippen LogP contribution in [0.25, 0.3) is 0 Å². The van der Waals surface area contributed by atoms with Gasteiger partial charge in [-0.15, -0.1) is 0 Å². The molecule has 0 aliphatic heterocycles. The van der Waals surface area contributed by atoms with Crippen LogP contribution in [0.5, 0.6) is 11.5 Å². The molecule has 0 aliphatic carbocycles. The topological polar surface area (TPSA) is 90.7 Å². The molecule has 0 bridgehead atoms. The summed E-state index contributed by atoms with van der Waals surface area (Å²) in [6, 6.07) is 9.65. The molecule has 1 amide bonds. The number of hydrogen-bond acceptors (Lipinski definition) is 5. The molecule has 2 aromatic carbocycles. The molecule has 0 radical (unpaired) electrons. The van der Waals surface area contributed by atoms with Crippen molar-refractivity contribution >= 4 is 17.3 Å². The maximum atomic E-state index is 12.0. The fourth-order valence-electron chi connectivity index (χ4n) is 2.28. The highest BCUT2D eigenvalue weighted by Gasteiger charge is 2.14. The van der Waals surface area contributed by atoms with Gasteiger partial charge >= 0.3 is 0 Å². The first kappa shape index (κ1) is 17.3. The molecule has 24 heavy (non-hydrogen) atoms. The molecule has 7 heteroatoms. The van der Waals surface area contributed by atoms with Crippen molar-refractivity contribution in [1.29, 1.82) is 0 Å². The minimum Gasteiger partial charge on any atom is -0.493 e. The highest BCUT2D eigenvalue weighted by Crippen LogP contribution is 2.31. The minimum atomic E-state index is -0.540. The highest BCUT2D eigenvalue weighted by molar-refractivity contribution is 5.92. The van der Waals surface area contributed by atoms with E-state index in [1.807, 2.05) is 32.0 Å². The van der Waals surface area contributed by atoms with Crippen molar-refractivity contribution in [3.8, 4) is 11.5 Å². The van der Waals surface area contributed by atoms with Crippen LogP contribution in [0, 0.1) is 24.0 Å². The molecule has 1 N–H and O–H groups in total. The standard InChI is InChI=1S/C17H18N2O5/c1-11-6-12(2)8-13(7-11)18-17(20)10-24-16-9-14(19(21)22)4-5-15(16)23-3/h4-9H,10H2,1-3H3,(H,18,20). The lowest BCUT2D eigenvalue weighted by Crippen LogP contribution is -2.20. The molecular formula is C17H18N2O5. The third-order valence-electron chi connectivity index (χ3n) is 3.22. The van der Waals surface area contributed by atoms with Gasteiger partial charge in [-0.1, -0.05) is 6.07 Å². The van der Waals surface area contributed by atoms with E-state index < -0.39 is 4.92 Å². The Morgan fingerprint density at radius 1 is 1.12 bits per heavy atom. The van der Waals surface area contributed by atoms with Crippen LogP contribution in [-0.4, -0.2) is 24.5 Å². The van der Waals surface area contributed by atoms with E-state index in [0.717, 1.165) is 11.1 Å². The normalized spacial score (nSPS) is 10.1. The van der Waals surface area contributed by atoms with Crippen molar-refractivity contribution in [3.05, 3.63) is 57.6 Å². The zero-order chi connectivity index (χ0) is 17.7. The zero-order valence-corrected chi connectivity index (χ0v) is 13.7. The van der Waals surface area contributed by atoms with Gasteiger partial charge in [-0.25, -0.2) is 0 Å². The van der Waals surface area contributed by atoms with Gasteiger partial charge in [-0.2, -0.15) is 0 Å². The SMILES string of the molecule is COc1ccc([N+](=O)[O-])cc1OCC(=O)Nc1cc(C)cc(C)c1. The predicted octanol–water partition coefficient (Wildman–Crippen LogP) is 3.24. The average molecular weight is 330 g/mol. The highest BCUT2D eigenvalue weighted by atomic mass is 16.6. The van der Waals surface area contributed by atoms with Gasteiger partial charge in [-0.3, -0.25) is 14.9 Å². The van der Waals surface area contributed by atoms with Crippen LogP contribution in [0.3, 0.4) is 0 Å². The number of carbonyl (C=O) groups excluding carboxylic acids is 1. The summed E-state index contributed by atoms with van der Waals surface area (Å²) in [6.45, 7) is 3.59. The van der Waals surface area contributed by atoms with E-state index in [9.17, 15) is 14.9 Å². The Morgan fingerprint density at radius 2 is 1.79 bits per heavy atom. The largest absolute Gasteiger partial charge is 0.493 e. The van der Waals surface area contributed by atoms with Crippen molar-refractivity contribution in [3.63, 3.8) is 0 Å². The third-order valence-corrected chi connectivity index (χ3v) is 3.22. The van der Waals surface area contributed by atoms with Gasteiger partial charge in [0.05, 0.1) is 18.1 Å². The molecule has 0 aliphatic rings.